The zero-order valence-corrected chi connectivity index (χ0v) is 25.6. The quantitative estimate of drug-likeness (QED) is 0.184. The molecule has 0 nitrogen and oxygen atoms in total. The Morgan fingerprint density at radius 1 is 0.323 bits per heavy atom. The number of rotatable bonds is 2. The van der Waals surface area contributed by atoms with Gasteiger partial charge >= 0.3 is 0 Å². The fourth-order valence-corrected chi connectivity index (χ4v) is 21.0. The molecule has 7 heterocycles. The van der Waals surface area contributed by atoms with Crippen molar-refractivity contribution in [1.29, 1.82) is 0 Å². The molecule has 0 amide bonds. The molecule has 8 rings (SSSR count). The van der Waals surface area contributed by atoms with Crippen LogP contribution in [0.4, 0.5) is 0 Å². The minimum Gasteiger partial charge on any atom is -0.133 e. The highest BCUT2D eigenvalue weighted by Crippen LogP contribution is 2.60. The molecule has 0 saturated carbocycles. The average molecular weight is 563 g/mol. The standard InChI is InChI=1S/C22H18S7Si2/c1-30(2,3)21-13-11-9-7-8-10-12-14(13)22(31(4,5)6)29-20(12)27-18(10)25-16(8)23-15(7)24-17(9)26-19(11)28-21/h1-6H3. The Morgan fingerprint density at radius 3 is 0.806 bits per heavy atom. The fourth-order valence-electron chi connectivity index (χ4n) is 5.18. The van der Waals surface area contributed by atoms with E-state index in [1.54, 1.807) is 76.2 Å². The first-order valence-corrected chi connectivity index (χ1v) is 23.1. The number of fused-ring (bicyclic) bond motifs is 1. The van der Waals surface area contributed by atoms with Gasteiger partial charge in [-0.25, -0.2) is 0 Å². The van der Waals surface area contributed by atoms with Crippen molar-refractivity contribution in [2.75, 3.05) is 0 Å². The van der Waals surface area contributed by atoms with Gasteiger partial charge in [-0.1, -0.05) is 39.3 Å². The Labute approximate surface area is 209 Å². The maximum absolute atomic E-state index is 2.55. The fraction of sp³-hybridized carbons (Fsp3) is 0.273. The minimum atomic E-state index is -1.48. The predicted molar refractivity (Wildman–Crippen MR) is 162 cm³/mol. The largest absolute Gasteiger partial charge is 0.133 e. The van der Waals surface area contributed by atoms with Crippen LogP contribution in [0, 0.1) is 0 Å². The first-order valence-electron chi connectivity index (χ1n) is 10.4. The van der Waals surface area contributed by atoms with Gasteiger partial charge in [-0.2, -0.15) is 0 Å². The molecule has 0 fully saturated rings. The summed E-state index contributed by atoms with van der Waals surface area (Å²) in [6.45, 7) is 15.3. The van der Waals surface area contributed by atoms with E-state index < -0.39 is 16.1 Å². The van der Waals surface area contributed by atoms with Crippen LogP contribution in [0.2, 0.25) is 39.3 Å². The first-order chi connectivity index (χ1) is 14.6. The van der Waals surface area contributed by atoms with Crippen LogP contribution in [0.3, 0.4) is 0 Å². The summed E-state index contributed by atoms with van der Waals surface area (Å²) in [5.41, 5.74) is 0. The Balaban J connectivity index is 1.87. The van der Waals surface area contributed by atoms with E-state index in [2.05, 4.69) is 119 Å². The summed E-state index contributed by atoms with van der Waals surface area (Å²) in [6, 6.07) is 0. The van der Waals surface area contributed by atoms with Gasteiger partial charge < -0.3 is 0 Å². The van der Waals surface area contributed by atoms with Crippen molar-refractivity contribution in [3.63, 3.8) is 0 Å². The number of thiophene rings is 7. The lowest BCUT2D eigenvalue weighted by Gasteiger charge is -2.18. The molecule has 0 aliphatic heterocycles. The second kappa shape index (κ2) is 5.58. The minimum absolute atomic E-state index is 1.48. The molecular weight excluding hydrogens is 545 g/mol. The molecule has 0 atom stereocenters. The van der Waals surface area contributed by atoms with Crippen molar-refractivity contribution in [2.24, 2.45) is 0 Å². The molecule has 0 bridgehead atoms. The maximum Gasteiger partial charge on any atom is 0.0913 e. The van der Waals surface area contributed by atoms with Crippen molar-refractivity contribution in [3.8, 4) is 0 Å². The van der Waals surface area contributed by atoms with Crippen LogP contribution in [0.15, 0.2) is 0 Å². The lowest BCUT2D eigenvalue weighted by Crippen LogP contribution is -2.38. The zero-order chi connectivity index (χ0) is 21.2. The summed E-state index contributed by atoms with van der Waals surface area (Å²) >= 11 is 14.6. The molecule has 1 aromatic carbocycles. The van der Waals surface area contributed by atoms with Crippen LogP contribution in [-0.4, -0.2) is 16.1 Å². The average Bonchev–Trinajstić information content (AvgIpc) is 3.37. The highest BCUT2D eigenvalue weighted by Gasteiger charge is 2.34. The molecule has 8 aromatic rings. The van der Waals surface area contributed by atoms with Crippen LogP contribution in [0.5, 0.6) is 0 Å². The molecule has 0 radical (unpaired) electrons. The lowest BCUT2D eigenvalue weighted by molar-refractivity contribution is 1.80. The molecule has 31 heavy (non-hydrogen) atoms. The second-order valence-corrected chi connectivity index (χ2v) is 30.0. The number of hydrogen-bond acceptors (Lipinski definition) is 7. The third kappa shape index (κ3) is 2.15. The molecule has 7 aromatic heterocycles. The van der Waals surface area contributed by atoms with Gasteiger partial charge in [0.1, 0.15) is 0 Å². The van der Waals surface area contributed by atoms with Gasteiger partial charge in [0.25, 0.3) is 0 Å². The lowest BCUT2D eigenvalue weighted by atomic mass is 10.0. The van der Waals surface area contributed by atoms with Crippen molar-refractivity contribution < 1.29 is 0 Å². The van der Waals surface area contributed by atoms with Gasteiger partial charge in [0.15, 0.2) is 0 Å². The van der Waals surface area contributed by atoms with E-state index in [1.807, 2.05) is 0 Å². The Bertz CT molecular complexity index is 1820. The number of hydrogen-bond donors (Lipinski definition) is 0. The van der Waals surface area contributed by atoms with E-state index in [9.17, 15) is 0 Å². The van der Waals surface area contributed by atoms with E-state index in [-0.39, 0.29) is 0 Å². The smallest absolute Gasteiger partial charge is 0.0913 e. The SMILES string of the molecule is C[Si](C)(C)c1sc2sc3sc4sc5sc6sc7sc([Si](C)(C)C)c8c1c2c3c4c5c6c78. The molecule has 0 aliphatic carbocycles. The summed E-state index contributed by atoms with van der Waals surface area (Å²) in [6.07, 6.45) is 0. The summed E-state index contributed by atoms with van der Waals surface area (Å²) in [7, 11) is -2.97. The highest BCUT2D eigenvalue weighted by molar-refractivity contribution is 7.61. The van der Waals surface area contributed by atoms with Gasteiger partial charge in [0, 0.05) is 43.1 Å². The molecule has 0 spiro atoms. The monoisotopic (exact) mass is 562 g/mol. The molecule has 0 unspecified atom stereocenters. The van der Waals surface area contributed by atoms with Crippen LogP contribution in [0.1, 0.15) is 0 Å². The predicted octanol–water partition coefficient (Wildman–Crippen LogP) is 10.2. The summed E-state index contributed by atoms with van der Waals surface area (Å²) in [5.74, 6) is 0. The summed E-state index contributed by atoms with van der Waals surface area (Å²) in [4.78, 5) is 0. The Kier molecular flexibility index (Phi) is 3.46. The molecular formula is C22H18S7Si2. The highest BCUT2D eigenvalue weighted by atomic mass is 32.2. The van der Waals surface area contributed by atoms with Crippen molar-refractivity contribution in [3.05, 3.63) is 0 Å². The molecule has 0 saturated heterocycles. The van der Waals surface area contributed by atoms with Gasteiger partial charge in [-0.05, 0) is 9.00 Å². The summed E-state index contributed by atoms with van der Waals surface area (Å²) in [5, 5.41) is 13.0. The van der Waals surface area contributed by atoms with Gasteiger partial charge in [-0.3, -0.25) is 0 Å². The molecule has 0 aliphatic rings. The van der Waals surface area contributed by atoms with Crippen molar-refractivity contribution in [2.45, 2.75) is 39.3 Å². The molecule has 156 valence electrons. The van der Waals surface area contributed by atoms with Crippen LogP contribution < -0.4 is 9.00 Å². The van der Waals surface area contributed by atoms with Gasteiger partial charge in [0.2, 0.25) is 0 Å². The Morgan fingerprint density at radius 2 is 0.548 bits per heavy atom. The van der Waals surface area contributed by atoms with Crippen molar-refractivity contribution in [1.82, 2.24) is 0 Å². The van der Waals surface area contributed by atoms with E-state index in [4.69, 9.17) is 0 Å². The third-order valence-corrected chi connectivity index (χ3v) is 22.4. The normalized spacial score (nSPS) is 14.8. The molecule has 0 N–H and O–H groups in total. The Hall–Kier alpha value is -0.106. The second-order valence-electron chi connectivity index (χ2n) is 10.6. The topological polar surface area (TPSA) is 0 Å². The van der Waals surface area contributed by atoms with Crippen molar-refractivity contribution >= 4 is 172 Å². The maximum atomic E-state index is 2.55. The third-order valence-electron chi connectivity index (χ3n) is 6.36. The van der Waals surface area contributed by atoms with Crippen LogP contribution in [-0.2, 0) is 0 Å². The molecule has 9 heteroatoms. The zero-order valence-electron chi connectivity index (χ0n) is 17.9. The first kappa shape index (κ1) is 19.2. The van der Waals surface area contributed by atoms with Gasteiger partial charge in [-0.15, -0.1) is 79.4 Å². The van der Waals surface area contributed by atoms with Crippen LogP contribution in [0.25, 0.3) is 67.2 Å². The van der Waals surface area contributed by atoms with E-state index in [1.165, 1.54) is 0 Å². The summed E-state index contributed by atoms with van der Waals surface area (Å²) < 4.78 is 12.9. The van der Waals surface area contributed by atoms with E-state index in [0.717, 1.165) is 0 Å². The van der Waals surface area contributed by atoms with E-state index >= 15 is 0 Å². The van der Waals surface area contributed by atoms with Gasteiger partial charge in [0.05, 0.1) is 40.2 Å². The van der Waals surface area contributed by atoms with E-state index in [0.29, 0.717) is 0 Å². The van der Waals surface area contributed by atoms with Crippen LogP contribution >= 0.6 is 79.4 Å².